The maximum atomic E-state index is 14.1. The van der Waals surface area contributed by atoms with Crippen LogP contribution in [0.3, 0.4) is 0 Å². The molecule has 0 aliphatic heterocycles. The molecule has 0 radical (unpaired) electrons. The van der Waals surface area contributed by atoms with Crippen molar-refractivity contribution in [2.24, 2.45) is 0 Å². The first-order chi connectivity index (χ1) is 8.77. The maximum absolute atomic E-state index is 14.1. The van der Waals surface area contributed by atoms with E-state index in [-0.39, 0.29) is 5.82 Å². The number of hydrogen-bond donors (Lipinski definition) is 0. The molecule has 1 aliphatic rings. The summed E-state index contributed by atoms with van der Waals surface area (Å²) in [7, 11) is 0. The van der Waals surface area contributed by atoms with Crippen LogP contribution in [0.15, 0.2) is 18.2 Å². The van der Waals surface area contributed by atoms with Crippen LogP contribution in [0.1, 0.15) is 44.6 Å². The predicted molar refractivity (Wildman–Crippen MR) is 75.9 cm³/mol. The summed E-state index contributed by atoms with van der Waals surface area (Å²) in [6.07, 6.45) is 6.17. The number of hydrogen-bond acceptors (Lipinski definition) is 1. The smallest absolute Gasteiger partial charge is 0.146 e. The molecule has 0 atom stereocenters. The van der Waals surface area contributed by atoms with Gasteiger partial charge in [-0.25, -0.2) is 4.39 Å². The van der Waals surface area contributed by atoms with Crippen LogP contribution in [0.25, 0.3) is 0 Å². The lowest BCUT2D eigenvalue weighted by molar-refractivity contribution is 0.414. The van der Waals surface area contributed by atoms with Crippen molar-refractivity contribution in [3.8, 4) is 0 Å². The Bertz CT molecular complexity index is 388. The molecule has 1 fully saturated rings. The standard InChI is InChI=1S/C15H21ClFN/c1-2-18(13-8-4-3-5-9-13)15-12(11-16)7-6-10-14(15)17/h6-7,10,13H,2-5,8-9,11H2,1H3. The average Bonchev–Trinajstić information content (AvgIpc) is 2.42. The Kier molecular flexibility index (Phi) is 4.87. The zero-order chi connectivity index (χ0) is 13.0. The fourth-order valence-electron chi connectivity index (χ4n) is 2.98. The second-order valence-electron chi connectivity index (χ2n) is 4.96. The van der Waals surface area contributed by atoms with E-state index in [0.717, 1.165) is 17.8 Å². The molecule has 0 bridgehead atoms. The fraction of sp³-hybridized carbons (Fsp3) is 0.600. The van der Waals surface area contributed by atoms with Gasteiger partial charge in [-0.15, -0.1) is 11.6 Å². The van der Waals surface area contributed by atoms with Crippen molar-refractivity contribution in [1.29, 1.82) is 0 Å². The van der Waals surface area contributed by atoms with Gasteiger partial charge in [0.25, 0.3) is 0 Å². The van der Waals surface area contributed by atoms with Gasteiger partial charge in [-0.3, -0.25) is 0 Å². The molecule has 2 rings (SSSR count). The van der Waals surface area contributed by atoms with Crippen molar-refractivity contribution in [2.45, 2.75) is 50.9 Å². The third kappa shape index (κ3) is 2.80. The van der Waals surface area contributed by atoms with Crippen molar-refractivity contribution in [3.05, 3.63) is 29.6 Å². The summed E-state index contributed by atoms with van der Waals surface area (Å²) in [5.41, 5.74) is 1.63. The molecule has 1 nitrogen and oxygen atoms in total. The number of anilines is 1. The van der Waals surface area contributed by atoms with E-state index in [1.54, 1.807) is 6.07 Å². The molecule has 0 N–H and O–H groups in total. The van der Waals surface area contributed by atoms with Crippen LogP contribution < -0.4 is 4.90 Å². The quantitative estimate of drug-likeness (QED) is 0.715. The Labute approximate surface area is 114 Å². The van der Waals surface area contributed by atoms with Crippen LogP contribution in [0, 0.1) is 5.82 Å². The fourth-order valence-corrected chi connectivity index (χ4v) is 3.20. The highest BCUT2D eigenvalue weighted by Gasteiger charge is 2.24. The largest absolute Gasteiger partial charge is 0.366 e. The summed E-state index contributed by atoms with van der Waals surface area (Å²) in [5.74, 6) is 0.233. The lowest BCUT2D eigenvalue weighted by Crippen LogP contribution is -2.37. The van der Waals surface area contributed by atoms with Gasteiger partial charge in [-0.05, 0) is 31.4 Å². The van der Waals surface area contributed by atoms with Gasteiger partial charge in [-0.2, -0.15) is 0 Å². The molecule has 1 aromatic carbocycles. The molecule has 1 aromatic rings. The highest BCUT2D eigenvalue weighted by atomic mass is 35.5. The molecule has 3 heteroatoms. The summed E-state index contributed by atoms with van der Waals surface area (Å²) < 4.78 is 14.1. The van der Waals surface area contributed by atoms with Gasteiger partial charge in [0.05, 0.1) is 5.69 Å². The van der Waals surface area contributed by atoms with Crippen molar-refractivity contribution in [2.75, 3.05) is 11.4 Å². The molecule has 0 aromatic heterocycles. The van der Waals surface area contributed by atoms with E-state index in [9.17, 15) is 4.39 Å². The maximum Gasteiger partial charge on any atom is 0.146 e. The minimum atomic E-state index is -0.138. The Morgan fingerprint density at radius 3 is 2.61 bits per heavy atom. The third-order valence-electron chi connectivity index (χ3n) is 3.86. The SMILES string of the molecule is CCN(c1c(F)cccc1CCl)C1CCCCC1. The van der Waals surface area contributed by atoms with E-state index >= 15 is 0 Å². The Balaban J connectivity index is 2.31. The van der Waals surface area contributed by atoms with Crippen molar-refractivity contribution < 1.29 is 4.39 Å². The number of para-hydroxylation sites is 1. The summed E-state index contributed by atoms with van der Waals surface area (Å²) in [6.45, 7) is 2.94. The third-order valence-corrected chi connectivity index (χ3v) is 4.15. The van der Waals surface area contributed by atoms with Gasteiger partial charge in [0.1, 0.15) is 5.82 Å². The molecule has 0 spiro atoms. The van der Waals surface area contributed by atoms with Crippen LogP contribution in [0.4, 0.5) is 10.1 Å². The normalized spacial score (nSPS) is 16.8. The van der Waals surface area contributed by atoms with Gasteiger partial charge in [0, 0.05) is 18.5 Å². The average molecular weight is 270 g/mol. The first-order valence-electron chi connectivity index (χ1n) is 6.88. The molecule has 0 saturated heterocycles. The van der Waals surface area contributed by atoms with Gasteiger partial charge in [0.15, 0.2) is 0 Å². The van der Waals surface area contributed by atoms with Gasteiger partial charge < -0.3 is 4.90 Å². The van der Waals surface area contributed by atoms with Crippen LogP contribution in [0.2, 0.25) is 0 Å². The first-order valence-corrected chi connectivity index (χ1v) is 7.41. The minimum Gasteiger partial charge on any atom is -0.366 e. The number of alkyl halides is 1. The molecular weight excluding hydrogens is 249 g/mol. The Morgan fingerprint density at radius 2 is 2.00 bits per heavy atom. The van der Waals surface area contributed by atoms with E-state index in [4.69, 9.17) is 11.6 Å². The molecule has 0 unspecified atom stereocenters. The van der Waals surface area contributed by atoms with Crippen molar-refractivity contribution >= 4 is 17.3 Å². The van der Waals surface area contributed by atoms with Crippen LogP contribution >= 0.6 is 11.6 Å². The van der Waals surface area contributed by atoms with E-state index in [1.165, 1.54) is 38.2 Å². The number of benzene rings is 1. The zero-order valence-corrected chi connectivity index (χ0v) is 11.7. The van der Waals surface area contributed by atoms with Crippen molar-refractivity contribution in [3.63, 3.8) is 0 Å². The van der Waals surface area contributed by atoms with E-state index in [2.05, 4.69) is 11.8 Å². The highest BCUT2D eigenvalue weighted by molar-refractivity contribution is 6.17. The summed E-state index contributed by atoms with van der Waals surface area (Å²) >= 11 is 5.95. The first kappa shape index (κ1) is 13.7. The van der Waals surface area contributed by atoms with Crippen LogP contribution in [-0.2, 0) is 5.88 Å². The van der Waals surface area contributed by atoms with Crippen molar-refractivity contribution in [1.82, 2.24) is 0 Å². The van der Waals surface area contributed by atoms with Crippen LogP contribution in [-0.4, -0.2) is 12.6 Å². The molecule has 1 aliphatic carbocycles. The molecule has 0 heterocycles. The van der Waals surface area contributed by atoms with Gasteiger partial charge in [-0.1, -0.05) is 31.4 Å². The van der Waals surface area contributed by atoms with Gasteiger partial charge in [0.2, 0.25) is 0 Å². The summed E-state index contributed by atoms with van der Waals surface area (Å²) in [6, 6.07) is 5.68. The molecule has 100 valence electrons. The van der Waals surface area contributed by atoms with E-state index in [1.807, 2.05) is 6.07 Å². The number of rotatable bonds is 4. The monoisotopic (exact) mass is 269 g/mol. The number of nitrogens with zero attached hydrogens (tertiary/aromatic N) is 1. The lowest BCUT2D eigenvalue weighted by Gasteiger charge is -2.36. The van der Waals surface area contributed by atoms with E-state index < -0.39 is 0 Å². The Morgan fingerprint density at radius 1 is 1.28 bits per heavy atom. The zero-order valence-electron chi connectivity index (χ0n) is 11.0. The second kappa shape index (κ2) is 6.42. The molecule has 1 saturated carbocycles. The minimum absolute atomic E-state index is 0.138. The number of halogens is 2. The molecule has 18 heavy (non-hydrogen) atoms. The lowest BCUT2D eigenvalue weighted by atomic mass is 9.93. The topological polar surface area (TPSA) is 3.24 Å². The summed E-state index contributed by atoms with van der Waals surface area (Å²) in [4.78, 5) is 2.21. The second-order valence-corrected chi connectivity index (χ2v) is 5.23. The predicted octanol–water partition coefficient (Wildman–Crippen LogP) is 4.72. The highest BCUT2D eigenvalue weighted by Crippen LogP contribution is 2.32. The van der Waals surface area contributed by atoms with Gasteiger partial charge >= 0.3 is 0 Å². The van der Waals surface area contributed by atoms with Crippen LogP contribution in [0.5, 0.6) is 0 Å². The summed E-state index contributed by atoms with van der Waals surface area (Å²) in [5, 5.41) is 0. The molecular formula is C15H21ClFN. The van der Waals surface area contributed by atoms with E-state index in [0.29, 0.717) is 11.9 Å². The molecule has 0 amide bonds. The Hall–Kier alpha value is -0.760.